The van der Waals surface area contributed by atoms with Crippen LogP contribution in [-0.4, -0.2) is 51.2 Å². The summed E-state index contributed by atoms with van der Waals surface area (Å²) < 4.78 is 5.05. The first-order valence-electron chi connectivity index (χ1n) is 8.16. The fraction of sp³-hybridized carbons (Fsp3) is 0.625. The monoisotopic (exact) mass is 316 g/mol. The molecule has 0 saturated carbocycles. The van der Waals surface area contributed by atoms with Gasteiger partial charge in [-0.05, 0) is 39.3 Å². The zero-order chi connectivity index (χ0) is 16.2. The lowest BCUT2D eigenvalue weighted by Gasteiger charge is -2.26. The molecule has 0 aromatic carbocycles. The van der Waals surface area contributed by atoms with Crippen LogP contribution in [0.5, 0.6) is 0 Å². The van der Waals surface area contributed by atoms with E-state index in [9.17, 15) is 0 Å². The van der Waals surface area contributed by atoms with E-state index in [0.717, 1.165) is 56.4 Å². The van der Waals surface area contributed by atoms with E-state index in [1.165, 1.54) is 0 Å². The number of nitrogens with zero attached hydrogens (tertiary/aromatic N) is 6. The van der Waals surface area contributed by atoms with E-state index in [4.69, 9.17) is 4.52 Å². The molecule has 0 bridgehead atoms. The van der Waals surface area contributed by atoms with Gasteiger partial charge in [0.1, 0.15) is 0 Å². The molecule has 23 heavy (non-hydrogen) atoms. The Labute approximate surface area is 136 Å². The third-order valence-electron chi connectivity index (χ3n) is 4.35. The molecule has 2 aromatic heterocycles. The molecule has 7 heteroatoms. The molecule has 0 radical (unpaired) electrons. The van der Waals surface area contributed by atoms with Gasteiger partial charge in [0, 0.05) is 37.9 Å². The molecular formula is C16H24N6O. The van der Waals surface area contributed by atoms with Crippen LogP contribution in [0, 0.1) is 13.8 Å². The van der Waals surface area contributed by atoms with Crippen LogP contribution in [0.4, 0.5) is 5.95 Å². The van der Waals surface area contributed by atoms with Crippen LogP contribution >= 0.6 is 0 Å². The Morgan fingerprint density at radius 2 is 2.13 bits per heavy atom. The highest BCUT2D eigenvalue weighted by atomic mass is 16.5. The SMILES string of the molecule is Cc1ccnc(N2CCC[C@H](N(C)Cc3noc(C)n3)CC2)n1. The third-order valence-corrected chi connectivity index (χ3v) is 4.35. The van der Waals surface area contributed by atoms with E-state index in [1.54, 1.807) is 0 Å². The number of rotatable bonds is 4. The minimum Gasteiger partial charge on any atom is -0.341 e. The lowest BCUT2D eigenvalue weighted by Crippen LogP contribution is -2.33. The Morgan fingerprint density at radius 3 is 2.87 bits per heavy atom. The lowest BCUT2D eigenvalue weighted by atomic mass is 10.1. The predicted molar refractivity (Wildman–Crippen MR) is 87.1 cm³/mol. The number of hydrogen-bond acceptors (Lipinski definition) is 7. The van der Waals surface area contributed by atoms with Crippen LogP contribution in [0.2, 0.25) is 0 Å². The minimum atomic E-state index is 0.517. The largest absolute Gasteiger partial charge is 0.341 e. The second-order valence-corrected chi connectivity index (χ2v) is 6.21. The van der Waals surface area contributed by atoms with Crippen molar-refractivity contribution in [3.05, 3.63) is 29.7 Å². The van der Waals surface area contributed by atoms with Gasteiger partial charge in [-0.25, -0.2) is 9.97 Å². The number of aromatic nitrogens is 4. The van der Waals surface area contributed by atoms with E-state index in [-0.39, 0.29) is 0 Å². The quantitative estimate of drug-likeness (QED) is 0.854. The van der Waals surface area contributed by atoms with E-state index >= 15 is 0 Å². The summed E-state index contributed by atoms with van der Waals surface area (Å²) in [6.07, 6.45) is 5.22. The summed E-state index contributed by atoms with van der Waals surface area (Å²) in [5, 5.41) is 3.99. The smallest absolute Gasteiger partial charge is 0.225 e. The maximum atomic E-state index is 5.05. The van der Waals surface area contributed by atoms with Gasteiger partial charge in [0.15, 0.2) is 5.82 Å². The summed E-state index contributed by atoms with van der Waals surface area (Å²) in [7, 11) is 2.13. The number of anilines is 1. The molecule has 1 aliphatic heterocycles. The zero-order valence-corrected chi connectivity index (χ0v) is 14.1. The summed E-state index contributed by atoms with van der Waals surface area (Å²) in [6.45, 7) is 6.54. The Balaban J connectivity index is 1.59. The molecule has 0 N–H and O–H groups in total. The molecule has 3 heterocycles. The first-order valence-corrected chi connectivity index (χ1v) is 8.16. The summed E-state index contributed by atoms with van der Waals surface area (Å²) in [5.74, 6) is 2.23. The summed E-state index contributed by atoms with van der Waals surface area (Å²) in [4.78, 5) is 17.9. The molecule has 0 spiro atoms. The van der Waals surface area contributed by atoms with Gasteiger partial charge in [-0.3, -0.25) is 4.90 Å². The van der Waals surface area contributed by atoms with Crippen molar-refractivity contribution in [3.8, 4) is 0 Å². The summed E-state index contributed by atoms with van der Waals surface area (Å²) in [5.41, 5.74) is 1.01. The van der Waals surface area contributed by atoms with Gasteiger partial charge in [0.05, 0.1) is 6.54 Å². The van der Waals surface area contributed by atoms with Gasteiger partial charge < -0.3 is 9.42 Å². The van der Waals surface area contributed by atoms with Crippen molar-refractivity contribution in [1.82, 2.24) is 25.0 Å². The van der Waals surface area contributed by atoms with E-state index < -0.39 is 0 Å². The van der Waals surface area contributed by atoms with Crippen LogP contribution in [0.15, 0.2) is 16.8 Å². The molecule has 1 saturated heterocycles. The normalized spacial score (nSPS) is 19.1. The molecule has 1 aliphatic rings. The Kier molecular flexibility index (Phi) is 4.85. The van der Waals surface area contributed by atoms with Crippen molar-refractivity contribution < 1.29 is 4.52 Å². The highest BCUT2D eigenvalue weighted by Crippen LogP contribution is 2.20. The van der Waals surface area contributed by atoms with E-state index in [1.807, 2.05) is 26.1 Å². The van der Waals surface area contributed by atoms with E-state index in [2.05, 4.69) is 37.0 Å². The van der Waals surface area contributed by atoms with E-state index in [0.29, 0.717) is 11.9 Å². The molecule has 0 unspecified atom stereocenters. The lowest BCUT2D eigenvalue weighted by molar-refractivity contribution is 0.209. The number of aryl methyl sites for hydroxylation is 2. The highest BCUT2D eigenvalue weighted by molar-refractivity contribution is 5.30. The topological polar surface area (TPSA) is 71.2 Å². The van der Waals surface area contributed by atoms with Crippen molar-refractivity contribution in [2.24, 2.45) is 0 Å². The molecule has 1 atom stereocenters. The fourth-order valence-electron chi connectivity index (χ4n) is 3.07. The van der Waals surface area contributed by atoms with Crippen molar-refractivity contribution in [3.63, 3.8) is 0 Å². The maximum Gasteiger partial charge on any atom is 0.225 e. The standard InChI is InChI=1S/C16H24N6O/c1-12-6-8-17-16(18-12)22-9-4-5-14(7-10-22)21(3)11-15-19-13(2)23-20-15/h6,8,14H,4-5,7,9-11H2,1-3H3/t14-/m0/s1. The average molecular weight is 316 g/mol. The van der Waals surface area contributed by atoms with Crippen LogP contribution in [0.1, 0.15) is 36.7 Å². The third kappa shape index (κ3) is 4.04. The molecule has 1 fully saturated rings. The van der Waals surface area contributed by atoms with Gasteiger partial charge in [-0.1, -0.05) is 5.16 Å². The average Bonchev–Trinajstić information content (AvgIpc) is 2.79. The van der Waals surface area contributed by atoms with Crippen LogP contribution in [0.25, 0.3) is 0 Å². The van der Waals surface area contributed by atoms with Crippen LogP contribution in [0.3, 0.4) is 0 Å². The molecule has 0 amide bonds. The van der Waals surface area contributed by atoms with Gasteiger partial charge in [-0.15, -0.1) is 0 Å². The van der Waals surface area contributed by atoms with Crippen LogP contribution < -0.4 is 4.90 Å². The molecule has 0 aliphatic carbocycles. The van der Waals surface area contributed by atoms with Crippen molar-refractivity contribution in [2.45, 2.75) is 45.7 Å². The predicted octanol–water partition coefficient (Wildman–Crippen LogP) is 1.97. The second-order valence-electron chi connectivity index (χ2n) is 6.21. The zero-order valence-electron chi connectivity index (χ0n) is 14.1. The first-order chi connectivity index (χ1) is 11.1. The first kappa shape index (κ1) is 15.9. The van der Waals surface area contributed by atoms with Gasteiger partial charge in [0.2, 0.25) is 11.8 Å². The van der Waals surface area contributed by atoms with Crippen molar-refractivity contribution in [2.75, 3.05) is 25.0 Å². The number of hydrogen-bond donors (Lipinski definition) is 0. The van der Waals surface area contributed by atoms with Crippen molar-refractivity contribution in [1.29, 1.82) is 0 Å². The molecule has 3 rings (SSSR count). The summed E-state index contributed by atoms with van der Waals surface area (Å²) in [6, 6.07) is 2.45. The second kappa shape index (κ2) is 7.04. The Bertz CT molecular complexity index is 643. The van der Waals surface area contributed by atoms with Crippen molar-refractivity contribution >= 4 is 5.95 Å². The maximum absolute atomic E-state index is 5.05. The van der Waals surface area contributed by atoms with Crippen LogP contribution in [-0.2, 0) is 6.54 Å². The molecule has 2 aromatic rings. The molecule has 7 nitrogen and oxygen atoms in total. The Hall–Kier alpha value is -2.02. The minimum absolute atomic E-state index is 0.517. The summed E-state index contributed by atoms with van der Waals surface area (Å²) >= 11 is 0. The Morgan fingerprint density at radius 1 is 1.26 bits per heavy atom. The fourth-order valence-corrected chi connectivity index (χ4v) is 3.07. The highest BCUT2D eigenvalue weighted by Gasteiger charge is 2.22. The molecular weight excluding hydrogens is 292 g/mol. The van der Waals surface area contributed by atoms with Gasteiger partial charge in [0.25, 0.3) is 0 Å². The molecule has 124 valence electrons. The van der Waals surface area contributed by atoms with Gasteiger partial charge >= 0.3 is 0 Å². The van der Waals surface area contributed by atoms with Gasteiger partial charge in [-0.2, -0.15) is 4.98 Å².